The van der Waals surface area contributed by atoms with Crippen LogP contribution in [0.2, 0.25) is 0 Å². The van der Waals surface area contributed by atoms with Crippen LogP contribution in [0.3, 0.4) is 0 Å². The molecule has 3 heteroatoms. The van der Waals surface area contributed by atoms with Gasteiger partial charge in [0.15, 0.2) is 0 Å². The fourth-order valence-electron chi connectivity index (χ4n) is 1.74. The van der Waals surface area contributed by atoms with E-state index in [1.165, 1.54) is 25.1 Å². The maximum absolute atomic E-state index is 3.51. The summed E-state index contributed by atoms with van der Waals surface area (Å²) in [5.74, 6) is 0.986. The summed E-state index contributed by atoms with van der Waals surface area (Å²) >= 11 is 0. The lowest BCUT2D eigenvalue weighted by Gasteiger charge is -2.01. The molecule has 1 aliphatic carbocycles. The molecule has 2 rings (SSSR count). The van der Waals surface area contributed by atoms with Gasteiger partial charge < -0.3 is 5.32 Å². The smallest absolute Gasteiger partial charge is 0.241 e. The first-order valence-corrected chi connectivity index (χ1v) is 5.66. The molecule has 2 N–H and O–H groups in total. The van der Waals surface area contributed by atoms with Crippen LogP contribution < -0.4 is 9.88 Å². The molecule has 1 aliphatic rings. The first kappa shape index (κ1) is 9.71. The topological polar surface area (TPSA) is 31.7 Å². The van der Waals surface area contributed by atoms with Crippen LogP contribution in [-0.4, -0.2) is 18.1 Å². The number of aryl methyl sites for hydroxylation is 1. The third-order valence-corrected chi connectivity index (χ3v) is 2.88. The summed E-state index contributed by atoms with van der Waals surface area (Å²) in [5, 5.41) is 3.51. The van der Waals surface area contributed by atoms with E-state index >= 15 is 0 Å². The number of imidazole rings is 1. The maximum atomic E-state index is 3.51. The second-order valence-electron chi connectivity index (χ2n) is 4.11. The summed E-state index contributed by atoms with van der Waals surface area (Å²) in [7, 11) is 0. The molecule has 1 aromatic heterocycles. The van der Waals surface area contributed by atoms with Crippen molar-refractivity contribution in [2.75, 3.05) is 13.1 Å². The molecular weight excluding hydrogens is 174 g/mol. The Hall–Kier alpha value is -0.830. The molecule has 0 aromatic carbocycles. The number of aromatic nitrogens is 2. The lowest BCUT2D eigenvalue weighted by Crippen LogP contribution is -2.35. The normalized spacial score (nSPS) is 16.1. The van der Waals surface area contributed by atoms with Crippen LogP contribution in [0.4, 0.5) is 0 Å². The third-order valence-electron chi connectivity index (χ3n) is 2.88. The molecule has 0 radical (unpaired) electrons. The predicted molar refractivity (Wildman–Crippen MR) is 56.0 cm³/mol. The Morgan fingerprint density at radius 3 is 3.14 bits per heavy atom. The second kappa shape index (κ2) is 4.60. The van der Waals surface area contributed by atoms with Crippen LogP contribution in [0.25, 0.3) is 0 Å². The zero-order valence-electron chi connectivity index (χ0n) is 8.92. The van der Waals surface area contributed by atoms with Crippen LogP contribution in [0, 0.1) is 5.92 Å². The van der Waals surface area contributed by atoms with Crippen LogP contribution in [0.15, 0.2) is 12.5 Å². The quantitative estimate of drug-likeness (QED) is 0.511. The fourth-order valence-corrected chi connectivity index (χ4v) is 1.74. The van der Waals surface area contributed by atoms with Gasteiger partial charge in [-0.3, -0.25) is 0 Å². The number of rotatable bonds is 6. The van der Waals surface area contributed by atoms with E-state index in [0.717, 1.165) is 25.4 Å². The molecule has 0 saturated heterocycles. The van der Waals surface area contributed by atoms with Crippen molar-refractivity contribution in [3.63, 3.8) is 0 Å². The monoisotopic (exact) mass is 194 g/mol. The summed E-state index contributed by atoms with van der Waals surface area (Å²) in [6.07, 6.45) is 8.14. The first-order valence-electron chi connectivity index (χ1n) is 5.66. The molecule has 14 heavy (non-hydrogen) atoms. The van der Waals surface area contributed by atoms with E-state index in [1.54, 1.807) is 0 Å². The maximum Gasteiger partial charge on any atom is 0.241 e. The van der Waals surface area contributed by atoms with Gasteiger partial charge in [-0.1, -0.05) is 0 Å². The van der Waals surface area contributed by atoms with Crippen LogP contribution >= 0.6 is 0 Å². The van der Waals surface area contributed by atoms with E-state index in [2.05, 4.69) is 28.0 Å². The summed E-state index contributed by atoms with van der Waals surface area (Å²) < 4.78 is 2.26. The lowest BCUT2D eigenvalue weighted by molar-refractivity contribution is -0.699. The van der Waals surface area contributed by atoms with Gasteiger partial charge in [-0.25, -0.2) is 9.55 Å². The minimum atomic E-state index is 0.986. The van der Waals surface area contributed by atoms with Gasteiger partial charge >= 0.3 is 0 Å². The zero-order valence-corrected chi connectivity index (χ0v) is 8.92. The van der Waals surface area contributed by atoms with Crippen molar-refractivity contribution in [2.45, 2.75) is 32.7 Å². The molecule has 1 saturated carbocycles. The summed E-state index contributed by atoms with van der Waals surface area (Å²) in [4.78, 5) is 3.15. The van der Waals surface area contributed by atoms with Gasteiger partial charge in [0.2, 0.25) is 6.33 Å². The van der Waals surface area contributed by atoms with E-state index in [0.29, 0.717) is 0 Å². The van der Waals surface area contributed by atoms with Crippen molar-refractivity contribution < 1.29 is 4.57 Å². The molecule has 1 heterocycles. The van der Waals surface area contributed by atoms with Gasteiger partial charge in [-0.2, -0.15) is 0 Å². The van der Waals surface area contributed by atoms with E-state index in [-0.39, 0.29) is 0 Å². The highest BCUT2D eigenvalue weighted by molar-refractivity contribution is 4.87. The minimum Gasteiger partial charge on any atom is -0.316 e. The van der Waals surface area contributed by atoms with Gasteiger partial charge in [-0.05, 0) is 32.2 Å². The van der Waals surface area contributed by atoms with Gasteiger partial charge in [0.25, 0.3) is 0 Å². The Bertz CT molecular complexity index is 276. The number of hydrogen-bond donors (Lipinski definition) is 2. The molecule has 0 bridgehead atoms. The van der Waals surface area contributed by atoms with E-state index < -0.39 is 0 Å². The number of hydrogen-bond acceptors (Lipinski definition) is 1. The first-order chi connectivity index (χ1) is 6.90. The molecule has 78 valence electrons. The molecule has 1 fully saturated rings. The fraction of sp³-hybridized carbons (Fsp3) is 0.727. The summed E-state index contributed by atoms with van der Waals surface area (Å²) in [6, 6.07) is 0. The van der Waals surface area contributed by atoms with Gasteiger partial charge in [0.1, 0.15) is 11.9 Å². The Kier molecular flexibility index (Phi) is 3.19. The number of aromatic amines is 1. The Balaban J connectivity index is 1.68. The number of nitrogens with zero attached hydrogens (tertiary/aromatic N) is 1. The van der Waals surface area contributed by atoms with Gasteiger partial charge in [0, 0.05) is 13.0 Å². The van der Waals surface area contributed by atoms with E-state index in [4.69, 9.17) is 0 Å². The van der Waals surface area contributed by atoms with Crippen LogP contribution in [0.5, 0.6) is 0 Å². The zero-order chi connectivity index (χ0) is 9.80. The number of nitrogens with one attached hydrogen (secondary N) is 2. The Labute approximate surface area is 85.5 Å². The minimum absolute atomic E-state index is 0.986. The molecular formula is C11H20N3+. The standard InChI is InChI=1S/C11H19N3/c1-2-14-9-13-8-11(14)5-6-12-7-10-3-4-10/h8-10,12H,2-7H2,1H3/p+1. The van der Waals surface area contributed by atoms with Crippen molar-refractivity contribution >= 4 is 0 Å². The van der Waals surface area contributed by atoms with Crippen molar-refractivity contribution in [2.24, 2.45) is 5.92 Å². The van der Waals surface area contributed by atoms with E-state index in [1.807, 2.05) is 6.33 Å². The lowest BCUT2D eigenvalue weighted by atomic mass is 10.3. The van der Waals surface area contributed by atoms with E-state index in [9.17, 15) is 0 Å². The Morgan fingerprint density at radius 2 is 2.43 bits per heavy atom. The summed E-state index contributed by atoms with van der Waals surface area (Å²) in [5.41, 5.74) is 1.40. The van der Waals surface area contributed by atoms with Gasteiger partial charge in [0.05, 0.1) is 6.54 Å². The molecule has 3 nitrogen and oxygen atoms in total. The average Bonchev–Trinajstić information content (AvgIpc) is 2.91. The number of H-pyrrole nitrogens is 1. The Morgan fingerprint density at radius 1 is 1.57 bits per heavy atom. The van der Waals surface area contributed by atoms with Crippen LogP contribution in [0.1, 0.15) is 25.5 Å². The van der Waals surface area contributed by atoms with Crippen molar-refractivity contribution in [3.05, 3.63) is 18.2 Å². The molecule has 0 aliphatic heterocycles. The predicted octanol–water partition coefficient (Wildman–Crippen LogP) is 0.864. The van der Waals surface area contributed by atoms with Crippen molar-refractivity contribution in [3.8, 4) is 0 Å². The third kappa shape index (κ3) is 2.58. The molecule has 0 amide bonds. The molecule has 0 unspecified atom stereocenters. The second-order valence-corrected chi connectivity index (χ2v) is 4.11. The highest BCUT2D eigenvalue weighted by atomic mass is 15.0. The van der Waals surface area contributed by atoms with Crippen LogP contribution in [-0.2, 0) is 13.0 Å². The molecule has 1 aromatic rings. The van der Waals surface area contributed by atoms with Gasteiger partial charge in [-0.15, -0.1) is 0 Å². The average molecular weight is 194 g/mol. The highest BCUT2D eigenvalue weighted by Gasteiger charge is 2.20. The highest BCUT2D eigenvalue weighted by Crippen LogP contribution is 2.27. The molecule has 0 atom stereocenters. The van der Waals surface area contributed by atoms with Crippen molar-refractivity contribution in [1.29, 1.82) is 0 Å². The SMILES string of the molecule is CC[n+]1c[nH]cc1CCNCC1CC1. The largest absolute Gasteiger partial charge is 0.316 e. The van der Waals surface area contributed by atoms with Crippen molar-refractivity contribution in [1.82, 2.24) is 10.3 Å². The summed E-state index contributed by atoms with van der Waals surface area (Å²) in [6.45, 7) is 5.56. The molecule has 0 spiro atoms.